The number of ether oxygens (including phenoxy) is 3. The summed E-state index contributed by atoms with van der Waals surface area (Å²) < 4.78 is 16.9. The van der Waals surface area contributed by atoms with E-state index in [1.165, 1.54) is 257 Å². The molecular weight excluding hydrogens is 853 g/mol. The third-order valence-electron chi connectivity index (χ3n) is 14.3. The van der Waals surface area contributed by atoms with Crippen LogP contribution in [0.4, 0.5) is 0 Å². The second kappa shape index (κ2) is 58.7. The summed E-state index contributed by atoms with van der Waals surface area (Å²) in [5, 5.41) is 0. The van der Waals surface area contributed by atoms with Crippen LogP contribution in [0.3, 0.4) is 0 Å². The highest BCUT2D eigenvalue weighted by Crippen LogP contribution is 2.18. The molecule has 6 nitrogen and oxygen atoms in total. The maximum Gasteiger partial charge on any atom is 0.306 e. The number of hydrogen-bond acceptors (Lipinski definition) is 6. The van der Waals surface area contributed by atoms with Crippen molar-refractivity contribution in [3.05, 3.63) is 12.2 Å². The lowest BCUT2D eigenvalue weighted by Crippen LogP contribution is -2.30. The van der Waals surface area contributed by atoms with Gasteiger partial charge in [-0.15, -0.1) is 0 Å². The Morgan fingerprint density at radius 3 is 0.725 bits per heavy atom. The highest BCUT2D eigenvalue weighted by Gasteiger charge is 2.19. The molecule has 69 heavy (non-hydrogen) atoms. The summed E-state index contributed by atoms with van der Waals surface area (Å²) in [5.74, 6) is -0.837. The smallest absolute Gasteiger partial charge is 0.306 e. The van der Waals surface area contributed by atoms with Gasteiger partial charge in [0.25, 0.3) is 0 Å². The molecule has 1 unspecified atom stereocenters. The van der Waals surface area contributed by atoms with Crippen molar-refractivity contribution in [1.82, 2.24) is 0 Å². The fourth-order valence-corrected chi connectivity index (χ4v) is 9.56. The van der Waals surface area contributed by atoms with E-state index in [-0.39, 0.29) is 31.1 Å². The van der Waals surface area contributed by atoms with Gasteiger partial charge in [0.2, 0.25) is 0 Å². The Morgan fingerprint density at radius 2 is 0.478 bits per heavy atom. The highest BCUT2D eigenvalue weighted by molar-refractivity contribution is 5.71. The monoisotopic (exact) mass is 973 g/mol. The molecule has 0 heterocycles. The summed E-state index contributed by atoms with van der Waals surface area (Å²) in [5.41, 5.74) is 0. The van der Waals surface area contributed by atoms with Crippen molar-refractivity contribution in [3.8, 4) is 0 Å². The van der Waals surface area contributed by atoms with Crippen LogP contribution in [0.25, 0.3) is 0 Å². The number of unbranched alkanes of at least 4 members (excludes halogenated alkanes) is 45. The fraction of sp³-hybridized carbons (Fsp3) is 0.921. The lowest BCUT2D eigenvalue weighted by atomic mass is 10.0. The maximum atomic E-state index is 12.9. The van der Waals surface area contributed by atoms with Gasteiger partial charge >= 0.3 is 17.9 Å². The van der Waals surface area contributed by atoms with E-state index in [0.29, 0.717) is 19.3 Å². The van der Waals surface area contributed by atoms with E-state index in [4.69, 9.17) is 14.2 Å². The molecule has 0 rings (SSSR count). The normalized spacial score (nSPS) is 12.0. The van der Waals surface area contributed by atoms with Gasteiger partial charge in [-0.1, -0.05) is 303 Å². The second-order valence-corrected chi connectivity index (χ2v) is 21.3. The molecule has 0 aromatic carbocycles. The van der Waals surface area contributed by atoms with Crippen LogP contribution in [0.1, 0.15) is 355 Å². The summed E-state index contributed by atoms with van der Waals surface area (Å²) in [7, 11) is 0. The number of hydrogen-bond donors (Lipinski definition) is 0. The van der Waals surface area contributed by atoms with Gasteiger partial charge in [-0.25, -0.2) is 0 Å². The lowest BCUT2D eigenvalue weighted by Gasteiger charge is -2.18. The average molecular weight is 974 g/mol. The zero-order valence-corrected chi connectivity index (χ0v) is 46.9. The van der Waals surface area contributed by atoms with Gasteiger partial charge < -0.3 is 14.2 Å². The maximum absolute atomic E-state index is 12.9. The van der Waals surface area contributed by atoms with E-state index in [1.807, 2.05) is 0 Å². The molecule has 0 aliphatic heterocycles. The van der Waals surface area contributed by atoms with E-state index < -0.39 is 6.10 Å². The minimum absolute atomic E-state index is 0.0634. The molecule has 6 heteroatoms. The molecule has 0 N–H and O–H groups in total. The molecule has 0 aliphatic carbocycles. The summed E-state index contributed by atoms with van der Waals surface area (Å²) in [4.78, 5) is 38.2. The standard InChI is InChI=1S/C63H120O6/c1-4-7-10-13-16-19-22-24-26-27-28-29-30-31-32-33-34-35-37-38-41-44-47-50-53-56-62(65)68-59-60(58-67-61(64)55-52-49-46-43-40-21-18-15-12-9-6-3)69-63(66)57-54-51-48-45-42-39-36-25-23-20-17-14-11-8-5-2/h27-28,60H,4-26,29-59H2,1-3H3/b28-27-. The van der Waals surface area contributed by atoms with E-state index in [1.54, 1.807) is 0 Å². The molecule has 0 saturated carbocycles. The number of carbonyl (C=O) groups excluding carboxylic acids is 3. The first-order valence-corrected chi connectivity index (χ1v) is 31.2. The van der Waals surface area contributed by atoms with Crippen molar-refractivity contribution in [3.63, 3.8) is 0 Å². The van der Waals surface area contributed by atoms with Crippen LogP contribution in [-0.4, -0.2) is 37.2 Å². The van der Waals surface area contributed by atoms with Gasteiger partial charge in [0, 0.05) is 19.3 Å². The van der Waals surface area contributed by atoms with Crippen LogP contribution in [0.15, 0.2) is 12.2 Å². The summed E-state index contributed by atoms with van der Waals surface area (Å²) in [6, 6.07) is 0. The molecule has 0 radical (unpaired) electrons. The Labute approximate surface area is 431 Å². The van der Waals surface area contributed by atoms with Crippen molar-refractivity contribution < 1.29 is 28.6 Å². The Kier molecular flexibility index (Phi) is 57.1. The Bertz CT molecular complexity index is 1070. The minimum atomic E-state index is -0.763. The molecule has 0 aromatic rings. The third-order valence-corrected chi connectivity index (χ3v) is 14.3. The lowest BCUT2D eigenvalue weighted by molar-refractivity contribution is -0.167. The predicted molar refractivity (Wildman–Crippen MR) is 298 cm³/mol. The summed E-state index contributed by atoms with van der Waals surface area (Å²) in [6.45, 7) is 6.70. The first-order valence-electron chi connectivity index (χ1n) is 31.2. The van der Waals surface area contributed by atoms with Crippen LogP contribution in [-0.2, 0) is 28.6 Å². The van der Waals surface area contributed by atoms with E-state index in [9.17, 15) is 14.4 Å². The molecule has 1 atom stereocenters. The molecule has 0 aromatic heterocycles. The Balaban J connectivity index is 4.17. The molecule has 408 valence electrons. The topological polar surface area (TPSA) is 78.9 Å². The second-order valence-electron chi connectivity index (χ2n) is 21.3. The van der Waals surface area contributed by atoms with Gasteiger partial charge in [-0.3, -0.25) is 14.4 Å². The molecule has 0 bridgehead atoms. The van der Waals surface area contributed by atoms with Crippen molar-refractivity contribution in [1.29, 1.82) is 0 Å². The number of allylic oxidation sites excluding steroid dienone is 2. The van der Waals surface area contributed by atoms with Gasteiger partial charge in [0.05, 0.1) is 0 Å². The van der Waals surface area contributed by atoms with Crippen molar-refractivity contribution in [2.75, 3.05) is 13.2 Å². The predicted octanol–water partition coefficient (Wildman–Crippen LogP) is 20.9. The fourth-order valence-electron chi connectivity index (χ4n) is 9.56. The van der Waals surface area contributed by atoms with Crippen molar-refractivity contribution >= 4 is 17.9 Å². The van der Waals surface area contributed by atoms with Crippen molar-refractivity contribution in [2.45, 2.75) is 361 Å². The van der Waals surface area contributed by atoms with Crippen LogP contribution in [0.5, 0.6) is 0 Å². The first kappa shape index (κ1) is 67.1. The third kappa shape index (κ3) is 56.9. The number of carbonyl (C=O) groups is 3. The Hall–Kier alpha value is -1.85. The largest absolute Gasteiger partial charge is 0.462 e. The van der Waals surface area contributed by atoms with Gasteiger partial charge in [-0.2, -0.15) is 0 Å². The average Bonchev–Trinajstić information content (AvgIpc) is 3.35. The Morgan fingerprint density at radius 1 is 0.275 bits per heavy atom. The number of esters is 3. The molecule has 0 spiro atoms. The van der Waals surface area contributed by atoms with Crippen LogP contribution in [0, 0.1) is 0 Å². The minimum Gasteiger partial charge on any atom is -0.462 e. The molecule has 0 aliphatic rings. The van der Waals surface area contributed by atoms with Crippen LogP contribution < -0.4 is 0 Å². The first-order chi connectivity index (χ1) is 34.0. The van der Waals surface area contributed by atoms with Gasteiger partial charge in [-0.05, 0) is 44.9 Å². The quantitative estimate of drug-likeness (QED) is 0.0261. The summed E-state index contributed by atoms with van der Waals surface area (Å²) >= 11 is 0. The molecule has 0 amide bonds. The van der Waals surface area contributed by atoms with E-state index in [0.717, 1.165) is 57.8 Å². The molecular formula is C63H120O6. The van der Waals surface area contributed by atoms with Gasteiger partial charge in [0.1, 0.15) is 13.2 Å². The van der Waals surface area contributed by atoms with Crippen LogP contribution in [0.2, 0.25) is 0 Å². The van der Waals surface area contributed by atoms with Crippen LogP contribution >= 0.6 is 0 Å². The summed E-state index contributed by atoms with van der Waals surface area (Å²) in [6.07, 6.45) is 67.9. The van der Waals surface area contributed by atoms with Crippen molar-refractivity contribution in [2.24, 2.45) is 0 Å². The number of rotatable bonds is 58. The zero-order valence-electron chi connectivity index (χ0n) is 46.9. The zero-order chi connectivity index (χ0) is 50.0. The van der Waals surface area contributed by atoms with E-state index in [2.05, 4.69) is 32.9 Å². The highest BCUT2D eigenvalue weighted by atomic mass is 16.6. The molecule has 0 fully saturated rings. The van der Waals surface area contributed by atoms with Gasteiger partial charge in [0.15, 0.2) is 6.10 Å². The SMILES string of the molecule is CCCCCCCCCC/C=C\CCCCCCCCCCCCCCCC(=O)OCC(COC(=O)CCCCCCCCCCCCC)OC(=O)CCCCCCCCCCCCCCCCC. The molecule has 0 saturated heterocycles. The van der Waals surface area contributed by atoms with E-state index >= 15 is 0 Å².